The normalized spacial score (nSPS) is 17.7. The Morgan fingerprint density at radius 3 is 3.04 bits per heavy atom. The van der Waals surface area contributed by atoms with E-state index in [1.54, 1.807) is 11.1 Å². The number of ether oxygens (including phenoxy) is 1. The van der Waals surface area contributed by atoms with Crippen LogP contribution in [0.1, 0.15) is 19.3 Å². The summed E-state index contributed by atoms with van der Waals surface area (Å²) in [5, 5.41) is 21.3. The van der Waals surface area contributed by atoms with Gasteiger partial charge in [-0.2, -0.15) is 20.1 Å². The molecule has 0 aliphatic carbocycles. The topological polar surface area (TPSA) is 112 Å². The number of hydrogen-bond acceptors (Lipinski definition) is 8. The highest BCUT2D eigenvalue weighted by Crippen LogP contribution is 2.24. The third kappa shape index (κ3) is 3.18. The van der Waals surface area contributed by atoms with Gasteiger partial charge in [0.25, 0.3) is 0 Å². The van der Waals surface area contributed by atoms with Gasteiger partial charge in [-0.15, -0.1) is 0 Å². The fourth-order valence-corrected chi connectivity index (χ4v) is 2.91. The number of H-pyrrole nitrogens is 1. The molecule has 0 saturated carbocycles. The summed E-state index contributed by atoms with van der Waals surface area (Å²) < 4.78 is 5.19. The number of aliphatic hydroxyl groups is 1. The zero-order chi connectivity index (χ0) is 17.2. The van der Waals surface area contributed by atoms with Gasteiger partial charge in [-0.05, 0) is 37.5 Å². The van der Waals surface area contributed by atoms with E-state index in [2.05, 4.69) is 30.5 Å². The molecule has 3 heterocycles. The maximum absolute atomic E-state index is 10.2. The zero-order valence-electron chi connectivity index (χ0n) is 13.8. The van der Waals surface area contributed by atoms with Crippen LogP contribution >= 0.6 is 0 Å². The Bertz CT molecular complexity index is 882. The van der Waals surface area contributed by atoms with Gasteiger partial charge in [0.15, 0.2) is 0 Å². The molecule has 3 N–H and O–H groups in total. The van der Waals surface area contributed by atoms with Gasteiger partial charge < -0.3 is 20.1 Å². The molecular weight excluding hydrogens is 322 g/mol. The minimum Gasteiger partial charge on any atom is -0.467 e. The van der Waals surface area contributed by atoms with E-state index in [4.69, 9.17) is 4.74 Å². The standard InChI is InChI=1S/C16H19N7O2/c1-25-16-20-14(18-11-6-5-10-9-17-22-12(10)8-11)19-15(21-16)23-7-3-2-4-13(23)24/h5-6,8-9,13,24H,2-4,7H2,1H3,(H,17,22)(H,18,19,20,21). The summed E-state index contributed by atoms with van der Waals surface area (Å²) in [5.41, 5.74) is 1.73. The number of rotatable bonds is 4. The lowest BCUT2D eigenvalue weighted by molar-refractivity contribution is 0.138. The highest BCUT2D eigenvalue weighted by atomic mass is 16.5. The third-order valence-corrected chi connectivity index (χ3v) is 4.21. The molecule has 0 bridgehead atoms. The fourth-order valence-electron chi connectivity index (χ4n) is 2.91. The Kier molecular flexibility index (Phi) is 4.06. The molecule has 3 aromatic rings. The summed E-state index contributed by atoms with van der Waals surface area (Å²) in [4.78, 5) is 14.7. The molecule has 9 heteroatoms. The Balaban J connectivity index is 1.65. The van der Waals surface area contributed by atoms with Gasteiger partial charge in [-0.25, -0.2) is 0 Å². The van der Waals surface area contributed by atoms with E-state index in [0.29, 0.717) is 24.9 Å². The van der Waals surface area contributed by atoms with Crippen LogP contribution in [-0.2, 0) is 0 Å². The minimum atomic E-state index is -0.588. The van der Waals surface area contributed by atoms with Gasteiger partial charge in [-0.3, -0.25) is 5.10 Å². The van der Waals surface area contributed by atoms with Crippen molar-refractivity contribution in [2.75, 3.05) is 23.9 Å². The van der Waals surface area contributed by atoms with E-state index in [-0.39, 0.29) is 6.01 Å². The number of aliphatic hydroxyl groups excluding tert-OH is 1. The van der Waals surface area contributed by atoms with Gasteiger partial charge in [0.1, 0.15) is 6.23 Å². The lowest BCUT2D eigenvalue weighted by atomic mass is 10.1. The van der Waals surface area contributed by atoms with Crippen molar-refractivity contribution in [3.63, 3.8) is 0 Å². The van der Waals surface area contributed by atoms with Crippen molar-refractivity contribution in [2.45, 2.75) is 25.5 Å². The number of aromatic amines is 1. The molecule has 0 radical (unpaired) electrons. The maximum atomic E-state index is 10.2. The average Bonchev–Trinajstić information content (AvgIpc) is 3.09. The van der Waals surface area contributed by atoms with E-state index >= 15 is 0 Å². The summed E-state index contributed by atoms with van der Waals surface area (Å²) in [6.45, 7) is 0.702. The molecule has 1 unspecified atom stereocenters. The third-order valence-electron chi connectivity index (χ3n) is 4.21. The van der Waals surface area contributed by atoms with Gasteiger partial charge in [-0.1, -0.05) is 0 Å². The second kappa shape index (κ2) is 6.52. The summed E-state index contributed by atoms with van der Waals surface area (Å²) in [5.74, 6) is 0.766. The van der Waals surface area contributed by atoms with Gasteiger partial charge in [0.2, 0.25) is 11.9 Å². The van der Waals surface area contributed by atoms with Gasteiger partial charge in [0, 0.05) is 17.6 Å². The number of nitrogens with zero attached hydrogens (tertiary/aromatic N) is 5. The molecule has 1 aliphatic heterocycles. The number of nitrogens with one attached hydrogen (secondary N) is 2. The number of benzene rings is 1. The Hall–Kier alpha value is -2.94. The van der Waals surface area contributed by atoms with Crippen LogP contribution in [0.25, 0.3) is 10.9 Å². The van der Waals surface area contributed by atoms with Crippen molar-refractivity contribution in [3.8, 4) is 6.01 Å². The first-order valence-electron chi connectivity index (χ1n) is 8.18. The maximum Gasteiger partial charge on any atom is 0.322 e. The molecule has 25 heavy (non-hydrogen) atoms. The van der Waals surface area contributed by atoms with Crippen molar-refractivity contribution < 1.29 is 9.84 Å². The predicted octanol–water partition coefficient (Wildman–Crippen LogP) is 1.81. The lowest BCUT2D eigenvalue weighted by Crippen LogP contribution is -2.40. The van der Waals surface area contributed by atoms with Gasteiger partial charge in [0.05, 0.1) is 18.8 Å². The van der Waals surface area contributed by atoms with Crippen LogP contribution in [0.4, 0.5) is 17.6 Å². The summed E-state index contributed by atoms with van der Waals surface area (Å²) in [6.07, 6.45) is 3.86. The van der Waals surface area contributed by atoms with Crippen LogP contribution in [0, 0.1) is 0 Å². The van der Waals surface area contributed by atoms with Crippen molar-refractivity contribution in [1.29, 1.82) is 0 Å². The van der Waals surface area contributed by atoms with E-state index in [1.807, 2.05) is 18.2 Å². The van der Waals surface area contributed by atoms with Crippen LogP contribution in [0.2, 0.25) is 0 Å². The molecular formula is C16H19N7O2. The highest BCUT2D eigenvalue weighted by molar-refractivity contribution is 5.82. The summed E-state index contributed by atoms with van der Waals surface area (Å²) >= 11 is 0. The molecule has 9 nitrogen and oxygen atoms in total. The smallest absolute Gasteiger partial charge is 0.322 e. The van der Waals surface area contributed by atoms with Crippen LogP contribution < -0.4 is 15.0 Å². The monoisotopic (exact) mass is 341 g/mol. The molecule has 0 amide bonds. The van der Waals surface area contributed by atoms with Gasteiger partial charge >= 0.3 is 6.01 Å². The van der Waals surface area contributed by atoms with E-state index in [9.17, 15) is 5.11 Å². The van der Waals surface area contributed by atoms with Crippen LogP contribution in [0.15, 0.2) is 24.4 Å². The predicted molar refractivity (Wildman–Crippen MR) is 93.0 cm³/mol. The van der Waals surface area contributed by atoms with E-state index < -0.39 is 6.23 Å². The summed E-state index contributed by atoms with van der Waals surface area (Å²) in [6, 6.07) is 6.00. The minimum absolute atomic E-state index is 0.202. The zero-order valence-corrected chi connectivity index (χ0v) is 13.8. The van der Waals surface area contributed by atoms with Crippen molar-refractivity contribution >= 4 is 28.5 Å². The number of anilines is 3. The number of piperidine rings is 1. The Morgan fingerprint density at radius 1 is 1.28 bits per heavy atom. The van der Waals surface area contributed by atoms with Crippen LogP contribution in [0.3, 0.4) is 0 Å². The number of fused-ring (bicyclic) bond motifs is 1. The summed E-state index contributed by atoms with van der Waals surface area (Å²) in [7, 11) is 1.51. The van der Waals surface area contributed by atoms with E-state index in [1.165, 1.54) is 7.11 Å². The number of methoxy groups -OCH3 is 1. The largest absolute Gasteiger partial charge is 0.467 e. The van der Waals surface area contributed by atoms with Crippen molar-refractivity contribution in [2.24, 2.45) is 0 Å². The highest BCUT2D eigenvalue weighted by Gasteiger charge is 2.24. The molecule has 0 spiro atoms. The fraction of sp³-hybridized carbons (Fsp3) is 0.375. The Labute approximate surface area is 144 Å². The average molecular weight is 341 g/mol. The van der Waals surface area contributed by atoms with Crippen LogP contribution in [-0.4, -0.2) is 50.1 Å². The molecule has 130 valence electrons. The van der Waals surface area contributed by atoms with Crippen molar-refractivity contribution in [1.82, 2.24) is 25.1 Å². The van der Waals surface area contributed by atoms with Crippen molar-refractivity contribution in [3.05, 3.63) is 24.4 Å². The quantitative estimate of drug-likeness (QED) is 0.659. The second-order valence-electron chi connectivity index (χ2n) is 5.91. The first-order valence-corrected chi connectivity index (χ1v) is 8.18. The first-order chi connectivity index (χ1) is 12.2. The molecule has 1 atom stereocenters. The van der Waals surface area contributed by atoms with E-state index in [0.717, 1.165) is 29.4 Å². The lowest BCUT2D eigenvalue weighted by Gasteiger charge is -2.32. The molecule has 2 aromatic heterocycles. The molecule has 4 rings (SSSR count). The molecule has 1 aliphatic rings. The first kappa shape index (κ1) is 15.6. The Morgan fingerprint density at radius 2 is 2.20 bits per heavy atom. The number of aromatic nitrogens is 5. The second-order valence-corrected chi connectivity index (χ2v) is 5.91. The molecule has 1 aromatic carbocycles. The molecule has 1 saturated heterocycles. The van der Waals surface area contributed by atoms with Crippen LogP contribution in [0.5, 0.6) is 6.01 Å². The SMILES string of the molecule is COc1nc(Nc2ccc3cn[nH]c3c2)nc(N2CCCCC2O)n1. The number of hydrogen-bond donors (Lipinski definition) is 3. The molecule has 1 fully saturated rings.